The van der Waals surface area contributed by atoms with Crippen molar-refractivity contribution in [3.8, 4) is 0 Å². The number of hydrogen-bond acceptors (Lipinski definition) is 4. The van der Waals surface area contributed by atoms with Crippen LogP contribution in [-0.4, -0.2) is 37.7 Å². The molecule has 0 radical (unpaired) electrons. The van der Waals surface area contributed by atoms with Gasteiger partial charge >= 0.3 is 0 Å². The van der Waals surface area contributed by atoms with Gasteiger partial charge in [0.15, 0.2) is 5.52 Å². The Balaban J connectivity index is 1.47. The molecule has 2 atom stereocenters. The highest BCUT2D eigenvalue weighted by Gasteiger charge is 2.34. The van der Waals surface area contributed by atoms with Crippen molar-refractivity contribution in [1.82, 2.24) is 24.6 Å². The lowest BCUT2D eigenvalue weighted by Gasteiger charge is -2.16. The standard InChI is InChI=1S/C23H29N5O/c1-15-12-28(13-16-8-4-3-5-9-16)14-18(15)22-24-20-19(17-10-6-7-11-17)26-27(2)21(20)23(29)25-22/h3-5,8-9,15,17-18H,6-7,10-14H2,1-2H3,(H,24,25,29). The average molecular weight is 392 g/mol. The molecule has 1 aliphatic heterocycles. The molecule has 2 unspecified atom stereocenters. The summed E-state index contributed by atoms with van der Waals surface area (Å²) in [5.41, 5.74) is 3.74. The molecular formula is C23H29N5O. The molecule has 0 spiro atoms. The number of nitrogens with one attached hydrogen (secondary N) is 1. The molecule has 1 N–H and O–H groups in total. The number of aromatic nitrogens is 4. The van der Waals surface area contributed by atoms with Gasteiger partial charge in [-0.1, -0.05) is 50.1 Å². The Bertz CT molecular complexity index is 1060. The third-order valence-electron chi connectivity index (χ3n) is 6.77. The zero-order valence-corrected chi connectivity index (χ0v) is 17.3. The number of benzene rings is 1. The number of H-pyrrole nitrogens is 1. The zero-order chi connectivity index (χ0) is 20.0. The second-order valence-electron chi connectivity index (χ2n) is 8.90. The van der Waals surface area contributed by atoms with Gasteiger partial charge in [-0.05, 0) is 24.3 Å². The van der Waals surface area contributed by atoms with E-state index in [1.54, 1.807) is 4.68 Å². The third-order valence-corrected chi connectivity index (χ3v) is 6.77. The Morgan fingerprint density at radius 3 is 2.66 bits per heavy atom. The van der Waals surface area contributed by atoms with Crippen LogP contribution < -0.4 is 5.56 Å². The molecule has 1 aromatic carbocycles. The van der Waals surface area contributed by atoms with Gasteiger partial charge in [-0.15, -0.1) is 0 Å². The minimum Gasteiger partial charge on any atom is -0.308 e. The molecule has 152 valence electrons. The van der Waals surface area contributed by atoms with Gasteiger partial charge in [-0.3, -0.25) is 14.4 Å². The van der Waals surface area contributed by atoms with E-state index in [2.05, 4.69) is 47.1 Å². The second kappa shape index (κ2) is 7.41. The van der Waals surface area contributed by atoms with Crippen molar-refractivity contribution in [1.29, 1.82) is 0 Å². The topological polar surface area (TPSA) is 66.8 Å². The van der Waals surface area contributed by atoms with Crippen molar-refractivity contribution >= 4 is 11.0 Å². The molecule has 1 aliphatic carbocycles. The SMILES string of the molecule is CC1CN(Cc2ccccc2)CC1c1nc2c(C3CCCC3)nn(C)c2c(=O)[nH]1. The number of fused-ring (bicyclic) bond motifs is 1. The summed E-state index contributed by atoms with van der Waals surface area (Å²) in [6.45, 7) is 5.14. The van der Waals surface area contributed by atoms with Crippen LogP contribution in [0.1, 0.15) is 61.5 Å². The maximum atomic E-state index is 12.9. The van der Waals surface area contributed by atoms with Gasteiger partial charge in [0.25, 0.3) is 5.56 Å². The van der Waals surface area contributed by atoms with E-state index in [1.165, 1.54) is 18.4 Å². The molecule has 0 amide bonds. The van der Waals surface area contributed by atoms with Gasteiger partial charge < -0.3 is 4.98 Å². The molecule has 3 heterocycles. The highest BCUT2D eigenvalue weighted by molar-refractivity contribution is 5.77. The fraction of sp³-hybridized carbons (Fsp3) is 0.522. The molecule has 2 fully saturated rings. The molecule has 5 rings (SSSR count). The quantitative estimate of drug-likeness (QED) is 0.739. The van der Waals surface area contributed by atoms with Crippen molar-refractivity contribution < 1.29 is 0 Å². The van der Waals surface area contributed by atoms with Gasteiger partial charge in [-0.2, -0.15) is 5.10 Å². The van der Waals surface area contributed by atoms with Crippen LogP contribution in [0.15, 0.2) is 35.1 Å². The first-order valence-electron chi connectivity index (χ1n) is 10.8. The summed E-state index contributed by atoms with van der Waals surface area (Å²) in [7, 11) is 1.86. The summed E-state index contributed by atoms with van der Waals surface area (Å²) in [6, 6.07) is 10.6. The predicted octanol–water partition coefficient (Wildman–Crippen LogP) is 3.55. The normalized spacial score (nSPS) is 23.4. The molecular weight excluding hydrogens is 362 g/mol. The van der Waals surface area contributed by atoms with Crippen LogP contribution in [0.2, 0.25) is 0 Å². The van der Waals surface area contributed by atoms with Crippen molar-refractivity contribution in [3.05, 3.63) is 57.8 Å². The van der Waals surface area contributed by atoms with Crippen LogP contribution in [-0.2, 0) is 13.6 Å². The average Bonchev–Trinajstić information content (AvgIpc) is 3.42. The molecule has 3 aromatic rings. The lowest BCUT2D eigenvalue weighted by molar-refractivity contribution is 0.318. The van der Waals surface area contributed by atoms with Crippen molar-refractivity contribution in [2.24, 2.45) is 13.0 Å². The lowest BCUT2D eigenvalue weighted by atomic mass is 9.97. The van der Waals surface area contributed by atoms with Gasteiger partial charge in [0.2, 0.25) is 0 Å². The number of aryl methyl sites for hydroxylation is 1. The van der Waals surface area contributed by atoms with Crippen LogP contribution in [0, 0.1) is 5.92 Å². The zero-order valence-electron chi connectivity index (χ0n) is 17.3. The number of rotatable bonds is 4. The summed E-state index contributed by atoms with van der Waals surface area (Å²) >= 11 is 0. The maximum absolute atomic E-state index is 12.9. The van der Waals surface area contributed by atoms with Crippen molar-refractivity contribution in [2.45, 2.75) is 51.0 Å². The first-order valence-corrected chi connectivity index (χ1v) is 10.8. The van der Waals surface area contributed by atoms with Gasteiger partial charge in [0.1, 0.15) is 11.3 Å². The monoisotopic (exact) mass is 391 g/mol. The van der Waals surface area contributed by atoms with Crippen LogP contribution in [0.25, 0.3) is 11.0 Å². The third kappa shape index (κ3) is 3.39. The van der Waals surface area contributed by atoms with E-state index in [4.69, 9.17) is 10.1 Å². The molecule has 2 aromatic heterocycles. The van der Waals surface area contributed by atoms with Crippen LogP contribution in [0.3, 0.4) is 0 Å². The summed E-state index contributed by atoms with van der Waals surface area (Å²) in [6.07, 6.45) is 4.79. The number of nitrogens with zero attached hydrogens (tertiary/aromatic N) is 4. The maximum Gasteiger partial charge on any atom is 0.277 e. The summed E-state index contributed by atoms with van der Waals surface area (Å²) in [5.74, 6) is 1.97. The van der Waals surface area contributed by atoms with Crippen molar-refractivity contribution in [2.75, 3.05) is 13.1 Å². The van der Waals surface area contributed by atoms with Gasteiger partial charge in [0.05, 0.1) is 5.69 Å². The Kier molecular flexibility index (Phi) is 4.74. The van der Waals surface area contributed by atoms with Crippen LogP contribution in [0.4, 0.5) is 0 Å². The number of likely N-dealkylation sites (tertiary alicyclic amines) is 1. The van der Waals surface area contributed by atoms with E-state index < -0.39 is 0 Å². The van der Waals surface area contributed by atoms with E-state index in [0.29, 0.717) is 17.4 Å². The smallest absolute Gasteiger partial charge is 0.277 e. The second-order valence-corrected chi connectivity index (χ2v) is 8.90. The van der Waals surface area contributed by atoms with Crippen LogP contribution >= 0.6 is 0 Å². The Labute approximate surface area is 171 Å². The largest absolute Gasteiger partial charge is 0.308 e. The molecule has 0 bridgehead atoms. The lowest BCUT2D eigenvalue weighted by Crippen LogP contribution is -2.21. The number of aromatic amines is 1. The van der Waals surface area contributed by atoms with E-state index >= 15 is 0 Å². The summed E-state index contributed by atoms with van der Waals surface area (Å²) < 4.78 is 1.72. The Morgan fingerprint density at radius 2 is 1.90 bits per heavy atom. The molecule has 29 heavy (non-hydrogen) atoms. The number of hydrogen-bond donors (Lipinski definition) is 1. The van der Waals surface area contributed by atoms with Crippen LogP contribution in [0.5, 0.6) is 0 Å². The fourth-order valence-electron chi connectivity index (χ4n) is 5.27. The highest BCUT2D eigenvalue weighted by atomic mass is 16.1. The van der Waals surface area contributed by atoms with E-state index in [0.717, 1.165) is 49.5 Å². The summed E-state index contributed by atoms with van der Waals surface area (Å²) in [4.78, 5) is 23.5. The molecule has 6 heteroatoms. The minimum atomic E-state index is -0.0574. The minimum absolute atomic E-state index is 0.0574. The predicted molar refractivity (Wildman–Crippen MR) is 114 cm³/mol. The highest BCUT2D eigenvalue weighted by Crippen LogP contribution is 2.37. The molecule has 1 saturated heterocycles. The first-order chi connectivity index (χ1) is 14.1. The Morgan fingerprint density at radius 1 is 1.14 bits per heavy atom. The van der Waals surface area contributed by atoms with E-state index in [-0.39, 0.29) is 11.5 Å². The molecule has 1 saturated carbocycles. The Hall–Kier alpha value is -2.47. The fourth-order valence-corrected chi connectivity index (χ4v) is 5.27. The van der Waals surface area contributed by atoms with E-state index in [1.807, 2.05) is 7.05 Å². The van der Waals surface area contributed by atoms with Gasteiger partial charge in [-0.25, -0.2) is 4.98 Å². The molecule has 6 nitrogen and oxygen atoms in total. The van der Waals surface area contributed by atoms with Gasteiger partial charge in [0, 0.05) is 38.5 Å². The molecule has 2 aliphatic rings. The van der Waals surface area contributed by atoms with E-state index in [9.17, 15) is 4.79 Å². The first kappa shape index (κ1) is 18.6. The van der Waals surface area contributed by atoms with Crippen molar-refractivity contribution in [3.63, 3.8) is 0 Å². The summed E-state index contributed by atoms with van der Waals surface area (Å²) in [5, 5.41) is 4.71.